The standard InChI is InChI=1S/C70H78O4P2/c1-67(2,3)55-37-47-33-48-38-56(68(4,5)6)40-50(64(48)72)35-52-42-58(70(10,11)12)44-54(66(52)74-46-76(61-29-21-15-22-30-61)62-31-23-16-24-32-62)36-53-43-57(69(7,8)9)41-51(34-49(39-55)63(47)71)65(53)73-45-75(59-25-17-13-18-26-59)60-27-19-14-20-28-60/h13-32,37-44,71-72H,33-36,45-46H2,1-12H3. The van der Waals surface area contributed by atoms with Gasteiger partial charge >= 0.3 is 0 Å². The van der Waals surface area contributed by atoms with Gasteiger partial charge in [-0.25, -0.2) is 0 Å². The third-order valence-electron chi connectivity index (χ3n) is 15.0. The molecule has 2 N–H and O–H groups in total. The fourth-order valence-electron chi connectivity index (χ4n) is 10.3. The van der Waals surface area contributed by atoms with E-state index in [9.17, 15) is 10.2 Å². The molecule has 0 aliphatic heterocycles. The summed E-state index contributed by atoms with van der Waals surface area (Å²) < 4.78 is 15.1. The Morgan fingerprint density at radius 2 is 0.513 bits per heavy atom. The van der Waals surface area contributed by atoms with Crippen LogP contribution in [0.25, 0.3) is 0 Å². The van der Waals surface area contributed by atoms with Crippen molar-refractivity contribution < 1.29 is 19.7 Å². The van der Waals surface area contributed by atoms with E-state index in [0.717, 1.165) is 67.1 Å². The van der Waals surface area contributed by atoms with Crippen molar-refractivity contribution in [2.24, 2.45) is 0 Å². The summed E-state index contributed by atoms with van der Waals surface area (Å²) in [4.78, 5) is 0. The predicted molar refractivity (Wildman–Crippen MR) is 324 cm³/mol. The van der Waals surface area contributed by atoms with Crippen LogP contribution in [-0.2, 0) is 47.3 Å². The Bertz CT molecular complexity index is 3000. The van der Waals surface area contributed by atoms with E-state index in [1.165, 1.54) is 32.3 Å². The van der Waals surface area contributed by atoms with Crippen molar-refractivity contribution in [2.45, 2.75) is 130 Å². The summed E-state index contributed by atoms with van der Waals surface area (Å²) in [6.07, 6.45) is 2.71. The number of rotatable bonds is 10. The molecular formula is C70H78O4P2. The Morgan fingerprint density at radius 3 is 0.737 bits per heavy atom. The zero-order chi connectivity index (χ0) is 54.2. The molecule has 8 aromatic carbocycles. The third-order valence-corrected chi connectivity index (χ3v) is 19.4. The van der Waals surface area contributed by atoms with Crippen LogP contribution >= 0.6 is 15.8 Å². The van der Waals surface area contributed by atoms with Crippen molar-refractivity contribution in [2.75, 3.05) is 12.7 Å². The van der Waals surface area contributed by atoms with Gasteiger partial charge in [-0.05, 0) is 125 Å². The smallest absolute Gasteiger partial charge is 0.126 e. The van der Waals surface area contributed by atoms with Crippen molar-refractivity contribution in [3.63, 3.8) is 0 Å². The summed E-state index contributed by atoms with van der Waals surface area (Å²) in [7, 11) is -1.85. The largest absolute Gasteiger partial charge is 0.507 e. The maximum Gasteiger partial charge on any atom is 0.126 e. The van der Waals surface area contributed by atoms with Gasteiger partial charge in [0.1, 0.15) is 35.7 Å². The van der Waals surface area contributed by atoms with Crippen LogP contribution in [-0.4, -0.2) is 22.9 Å². The number of hydrogen-bond acceptors (Lipinski definition) is 4. The summed E-state index contributed by atoms with van der Waals surface area (Å²) in [5.74, 6) is 2.22. The molecule has 0 radical (unpaired) electrons. The number of fused-ring (bicyclic) bond motifs is 8. The monoisotopic (exact) mass is 1040 g/mol. The molecule has 4 nitrogen and oxygen atoms in total. The number of ether oxygens (including phenoxy) is 2. The molecule has 9 rings (SSSR count). The molecule has 0 saturated heterocycles. The molecular weight excluding hydrogens is 967 g/mol. The van der Waals surface area contributed by atoms with Crippen LogP contribution in [0.2, 0.25) is 0 Å². The molecule has 392 valence electrons. The fourth-order valence-corrected chi connectivity index (χ4v) is 14.1. The first-order valence-electron chi connectivity index (χ1n) is 27.0. The molecule has 8 bridgehead atoms. The van der Waals surface area contributed by atoms with Crippen LogP contribution in [0.3, 0.4) is 0 Å². The van der Waals surface area contributed by atoms with Crippen LogP contribution < -0.4 is 30.7 Å². The van der Waals surface area contributed by atoms with Crippen LogP contribution in [0.1, 0.15) is 150 Å². The van der Waals surface area contributed by atoms with E-state index in [1.54, 1.807) is 0 Å². The lowest BCUT2D eigenvalue weighted by Crippen LogP contribution is -2.19. The van der Waals surface area contributed by atoms with Gasteiger partial charge in [-0.2, -0.15) is 0 Å². The summed E-state index contributed by atoms with van der Waals surface area (Å²) in [6.45, 7) is 27.1. The predicted octanol–water partition coefficient (Wildman–Crippen LogP) is 15.9. The summed E-state index contributed by atoms with van der Waals surface area (Å²) in [5, 5.41) is 30.5. The van der Waals surface area contributed by atoms with Gasteiger partial charge in [-0.15, -0.1) is 0 Å². The number of hydrogen-bond donors (Lipinski definition) is 2. The highest BCUT2D eigenvalue weighted by Gasteiger charge is 2.30. The minimum atomic E-state index is -0.926. The van der Waals surface area contributed by atoms with Gasteiger partial charge in [-0.1, -0.05) is 253 Å². The molecule has 0 fully saturated rings. The second-order valence-corrected chi connectivity index (χ2v) is 29.3. The van der Waals surface area contributed by atoms with E-state index in [1.807, 2.05) is 0 Å². The number of benzene rings is 8. The zero-order valence-electron chi connectivity index (χ0n) is 47.0. The summed E-state index contributed by atoms with van der Waals surface area (Å²) in [6, 6.07) is 61.4. The molecule has 0 unspecified atom stereocenters. The van der Waals surface area contributed by atoms with Gasteiger partial charge in [0.2, 0.25) is 0 Å². The van der Waals surface area contributed by atoms with Crippen LogP contribution in [0.5, 0.6) is 23.0 Å². The maximum atomic E-state index is 12.7. The average Bonchev–Trinajstić information content (AvgIpc) is 3.41. The van der Waals surface area contributed by atoms with Crippen molar-refractivity contribution in [3.8, 4) is 23.0 Å². The Hall–Kier alpha value is -6.18. The SMILES string of the molecule is CC(C)(C)c1cc2c(O)c(c1)Cc1cc(C(C)(C)C)cc(c1OCP(c1ccccc1)c1ccccc1)Cc1cc(C(C)(C)C)cc(c1OCP(c1ccccc1)c1ccccc1)Cc1cc(C(C)(C)C)cc(c1O)C2. The molecule has 6 heteroatoms. The second-order valence-electron chi connectivity index (χ2n) is 25.0. The van der Waals surface area contributed by atoms with E-state index in [0.29, 0.717) is 38.4 Å². The first kappa shape index (κ1) is 54.6. The van der Waals surface area contributed by atoms with Crippen molar-refractivity contribution in [3.05, 3.63) is 237 Å². The Labute approximate surface area is 457 Å². The minimum Gasteiger partial charge on any atom is -0.507 e. The lowest BCUT2D eigenvalue weighted by Gasteiger charge is -2.29. The highest BCUT2D eigenvalue weighted by Crippen LogP contribution is 2.46. The normalized spacial score (nSPS) is 13.2. The topological polar surface area (TPSA) is 58.9 Å². The van der Waals surface area contributed by atoms with E-state index >= 15 is 0 Å². The molecule has 8 aromatic rings. The molecule has 0 spiro atoms. The molecule has 0 heterocycles. The lowest BCUT2D eigenvalue weighted by atomic mass is 9.79. The maximum absolute atomic E-state index is 12.7. The summed E-state index contributed by atoms with van der Waals surface area (Å²) >= 11 is 0. The van der Waals surface area contributed by atoms with Crippen molar-refractivity contribution in [1.29, 1.82) is 0 Å². The first-order chi connectivity index (χ1) is 36.0. The summed E-state index contributed by atoms with van der Waals surface area (Å²) in [5.41, 5.74) is 11.3. The average molecular weight is 1050 g/mol. The van der Waals surface area contributed by atoms with Crippen LogP contribution in [0.15, 0.2) is 170 Å². The molecule has 1 aliphatic carbocycles. The first-order valence-corrected chi connectivity index (χ1v) is 30.1. The molecule has 1 aliphatic rings. The molecule has 0 saturated carbocycles. The Morgan fingerprint density at radius 1 is 0.316 bits per heavy atom. The highest BCUT2D eigenvalue weighted by molar-refractivity contribution is 7.73. The lowest BCUT2D eigenvalue weighted by molar-refractivity contribution is 0.376. The molecule has 76 heavy (non-hydrogen) atoms. The fraction of sp³-hybridized carbons (Fsp3) is 0.314. The van der Waals surface area contributed by atoms with E-state index in [2.05, 4.69) is 253 Å². The van der Waals surface area contributed by atoms with Crippen molar-refractivity contribution in [1.82, 2.24) is 0 Å². The number of phenolic OH excluding ortho intramolecular Hbond substituents is 2. The zero-order valence-corrected chi connectivity index (χ0v) is 48.8. The third kappa shape index (κ3) is 12.5. The van der Waals surface area contributed by atoms with E-state index in [-0.39, 0.29) is 33.2 Å². The van der Waals surface area contributed by atoms with Gasteiger partial charge in [0, 0.05) is 25.7 Å². The van der Waals surface area contributed by atoms with Gasteiger partial charge < -0.3 is 19.7 Å². The van der Waals surface area contributed by atoms with Crippen molar-refractivity contribution >= 4 is 37.1 Å². The molecule has 0 atom stereocenters. The van der Waals surface area contributed by atoms with Crippen LogP contribution in [0, 0.1) is 0 Å². The Kier molecular flexibility index (Phi) is 15.8. The van der Waals surface area contributed by atoms with E-state index < -0.39 is 15.8 Å². The van der Waals surface area contributed by atoms with E-state index in [4.69, 9.17) is 9.47 Å². The van der Waals surface area contributed by atoms with Gasteiger partial charge in [0.15, 0.2) is 0 Å². The quantitative estimate of drug-likeness (QED) is 0.134. The molecule has 0 amide bonds. The Balaban J connectivity index is 1.34. The number of phenols is 2. The van der Waals surface area contributed by atoms with Gasteiger partial charge in [-0.3, -0.25) is 0 Å². The van der Waals surface area contributed by atoms with Gasteiger partial charge in [0.25, 0.3) is 0 Å². The number of aromatic hydroxyl groups is 2. The second kappa shape index (κ2) is 22.0. The van der Waals surface area contributed by atoms with Crippen LogP contribution in [0.4, 0.5) is 0 Å². The highest BCUT2D eigenvalue weighted by atomic mass is 31.1. The molecule has 0 aromatic heterocycles. The van der Waals surface area contributed by atoms with Gasteiger partial charge in [0.05, 0.1) is 0 Å². The minimum absolute atomic E-state index is 0.214.